The third-order valence-corrected chi connectivity index (χ3v) is 4.19. The zero-order valence-electron chi connectivity index (χ0n) is 11.7. The number of hydrogen-bond acceptors (Lipinski definition) is 3. The molecular weight excluding hydrogens is 299 g/mol. The molecule has 0 fully saturated rings. The normalized spacial score (nSPS) is 13.2. The highest BCUT2D eigenvalue weighted by Gasteiger charge is 2.33. The van der Waals surface area contributed by atoms with Crippen LogP contribution >= 0.6 is 11.3 Å². The Kier molecular flexibility index (Phi) is 4.90. The number of aryl methyl sites for hydroxylation is 1. The van der Waals surface area contributed by atoms with Crippen LogP contribution in [0.5, 0.6) is 5.75 Å². The van der Waals surface area contributed by atoms with E-state index < -0.39 is 6.36 Å². The van der Waals surface area contributed by atoms with E-state index in [1.165, 1.54) is 23.5 Å². The van der Waals surface area contributed by atoms with Gasteiger partial charge in [0.1, 0.15) is 5.75 Å². The smallest absolute Gasteiger partial charge is 0.405 e. The number of halogens is 3. The van der Waals surface area contributed by atoms with Crippen LogP contribution in [0.2, 0.25) is 0 Å². The summed E-state index contributed by atoms with van der Waals surface area (Å²) in [5.41, 5.74) is 1.61. The van der Waals surface area contributed by atoms with Crippen LogP contribution < -0.4 is 10.1 Å². The first-order chi connectivity index (χ1) is 9.96. The number of hydrogen-bond donors (Lipinski definition) is 1. The summed E-state index contributed by atoms with van der Waals surface area (Å²) in [4.78, 5) is 1.01. The minimum absolute atomic E-state index is 0.167. The van der Waals surface area contributed by atoms with Gasteiger partial charge in [0, 0.05) is 10.4 Å². The second-order valence-electron chi connectivity index (χ2n) is 4.47. The quantitative estimate of drug-likeness (QED) is 0.876. The Hall–Kier alpha value is -1.53. The van der Waals surface area contributed by atoms with Crippen molar-refractivity contribution in [2.45, 2.75) is 25.7 Å². The van der Waals surface area contributed by atoms with Crippen LogP contribution in [-0.2, 0) is 6.42 Å². The molecule has 0 amide bonds. The van der Waals surface area contributed by atoms with Gasteiger partial charge in [-0.2, -0.15) is 0 Å². The second-order valence-corrected chi connectivity index (χ2v) is 5.42. The van der Waals surface area contributed by atoms with Gasteiger partial charge in [0.2, 0.25) is 0 Å². The van der Waals surface area contributed by atoms with E-state index in [0.717, 1.165) is 16.9 Å². The summed E-state index contributed by atoms with van der Waals surface area (Å²) in [5, 5.41) is 5.03. The lowest BCUT2D eigenvalue weighted by Gasteiger charge is -2.21. The zero-order valence-corrected chi connectivity index (χ0v) is 12.5. The number of thiophene rings is 1. The van der Waals surface area contributed by atoms with Crippen molar-refractivity contribution in [2.75, 3.05) is 7.05 Å². The Bertz CT molecular complexity index is 595. The minimum atomic E-state index is -4.70. The first-order valence-corrected chi connectivity index (χ1v) is 7.42. The van der Waals surface area contributed by atoms with Crippen molar-refractivity contribution in [2.24, 2.45) is 0 Å². The molecule has 1 unspecified atom stereocenters. The standard InChI is InChI=1S/C15H16F3NOS/c1-3-10-8-9-21-14(10)13(19-2)11-6-4-5-7-12(11)20-15(16,17)18/h4-9,13,19H,3H2,1-2H3. The maximum Gasteiger partial charge on any atom is 0.573 e. The number of alkyl halides is 3. The molecule has 1 atom stereocenters. The molecule has 0 saturated heterocycles. The van der Waals surface area contributed by atoms with E-state index in [-0.39, 0.29) is 11.8 Å². The summed E-state index contributed by atoms with van der Waals surface area (Å²) in [7, 11) is 1.73. The highest BCUT2D eigenvalue weighted by molar-refractivity contribution is 7.10. The average molecular weight is 315 g/mol. The van der Waals surface area contributed by atoms with Crippen LogP contribution in [0, 0.1) is 0 Å². The Labute approximate surface area is 125 Å². The molecule has 2 nitrogen and oxygen atoms in total. The predicted octanol–water partition coefficient (Wildman–Crippen LogP) is 4.52. The summed E-state index contributed by atoms with van der Waals surface area (Å²) in [5.74, 6) is -0.167. The molecule has 1 aromatic carbocycles. The van der Waals surface area contributed by atoms with Gasteiger partial charge in [0.15, 0.2) is 0 Å². The van der Waals surface area contributed by atoms with Gasteiger partial charge in [0.05, 0.1) is 6.04 Å². The third-order valence-electron chi connectivity index (χ3n) is 3.17. The van der Waals surface area contributed by atoms with Crippen molar-refractivity contribution in [3.8, 4) is 5.75 Å². The van der Waals surface area contributed by atoms with Gasteiger partial charge in [-0.15, -0.1) is 24.5 Å². The molecule has 0 aliphatic rings. The van der Waals surface area contributed by atoms with Crippen molar-refractivity contribution in [3.63, 3.8) is 0 Å². The molecule has 0 saturated carbocycles. The van der Waals surface area contributed by atoms with Crippen molar-refractivity contribution in [1.29, 1.82) is 0 Å². The number of rotatable bonds is 5. The minimum Gasteiger partial charge on any atom is -0.405 e. The highest BCUT2D eigenvalue weighted by atomic mass is 32.1. The average Bonchev–Trinajstić information content (AvgIpc) is 2.88. The van der Waals surface area contributed by atoms with E-state index in [0.29, 0.717) is 5.56 Å². The topological polar surface area (TPSA) is 21.3 Å². The van der Waals surface area contributed by atoms with E-state index >= 15 is 0 Å². The Morgan fingerprint density at radius 2 is 1.95 bits per heavy atom. The molecule has 0 bridgehead atoms. The fraction of sp³-hybridized carbons (Fsp3) is 0.333. The predicted molar refractivity (Wildman–Crippen MR) is 77.7 cm³/mol. The van der Waals surface area contributed by atoms with E-state index in [4.69, 9.17) is 0 Å². The summed E-state index contributed by atoms with van der Waals surface area (Å²) < 4.78 is 41.8. The van der Waals surface area contributed by atoms with E-state index in [9.17, 15) is 13.2 Å². The maximum absolute atomic E-state index is 12.5. The Morgan fingerprint density at radius 1 is 1.24 bits per heavy atom. The van der Waals surface area contributed by atoms with E-state index in [1.807, 2.05) is 18.4 Å². The lowest BCUT2D eigenvalue weighted by Crippen LogP contribution is -2.22. The zero-order chi connectivity index (χ0) is 15.5. The van der Waals surface area contributed by atoms with Crippen molar-refractivity contribution < 1.29 is 17.9 Å². The van der Waals surface area contributed by atoms with Gasteiger partial charge in [-0.1, -0.05) is 25.1 Å². The molecule has 2 rings (SSSR count). The van der Waals surface area contributed by atoms with Crippen molar-refractivity contribution in [1.82, 2.24) is 5.32 Å². The second kappa shape index (κ2) is 6.49. The van der Waals surface area contributed by atoms with Gasteiger partial charge >= 0.3 is 6.36 Å². The highest BCUT2D eigenvalue weighted by Crippen LogP contribution is 2.36. The van der Waals surface area contributed by atoms with Gasteiger partial charge in [-0.3, -0.25) is 0 Å². The van der Waals surface area contributed by atoms with Crippen LogP contribution in [-0.4, -0.2) is 13.4 Å². The molecule has 21 heavy (non-hydrogen) atoms. The Balaban J connectivity index is 2.43. The lowest BCUT2D eigenvalue weighted by atomic mass is 10.0. The molecule has 0 aliphatic heterocycles. The summed E-state index contributed by atoms with van der Waals surface area (Å²) in [6.07, 6.45) is -3.86. The SMILES string of the molecule is CCc1ccsc1C(NC)c1ccccc1OC(F)(F)F. The number of ether oxygens (including phenoxy) is 1. The fourth-order valence-corrected chi connectivity index (χ4v) is 3.38. The van der Waals surface area contributed by atoms with Crippen LogP contribution in [0.4, 0.5) is 13.2 Å². The molecule has 6 heteroatoms. The van der Waals surface area contributed by atoms with Gasteiger partial charge < -0.3 is 10.1 Å². The number of benzene rings is 1. The molecule has 0 aliphatic carbocycles. The lowest BCUT2D eigenvalue weighted by molar-refractivity contribution is -0.275. The molecule has 1 N–H and O–H groups in total. The molecular formula is C15H16F3NOS. The molecule has 0 spiro atoms. The third kappa shape index (κ3) is 3.77. The molecule has 2 aromatic rings. The van der Waals surface area contributed by atoms with Crippen LogP contribution in [0.15, 0.2) is 35.7 Å². The number of para-hydroxylation sites is 1. The molecule has 114 valence electrons. The molecule has 0 radical (unpaired) electrons. The first-order valence-electron chi connectivity index (χ1n) is 6.54. The fourth-order valence-electron chi connectivity index (χ4n) is 2.26. The van der Waals surface area contributed by atoms with Crippen LogP contribution in [0.1, 0.15) is 29.0 Å². The van der Waals surface area contributed by atoms with Crippen LogP contribution in [0.25, 0.3) is 0 Å². The number of nitrogens with one attached hydrogen (secondary N) is 1. The van der Waals surface area contributed by atoms with E-state index in [1.54, 1.807) is 19.2 Å². The first kappa shape index (κ1) is 15.9. The monoisotopic (exact) mass is 315 g/mol. The maximum atomic E-state index is 12.5. The molecule has 1 heterocycles. The Morgan fingerprint density at radius 3 is 2.57 bits per heavy atom. The van der Waals surface area contributed by atoms with Crippen molar-refractivity contribution >= 4 is 11.3 Å². The molecule has 1 aromatic heterocycles. The van der Waals surface area contributed by atoms with Gasteiger partial charge in [-0.05, 0) is 36.5 Å². The van der Waals surface area contributed by atoms with Crippen molar-refractivity contribution in [3.05, 3.63) is 51.7 Å². The van der Waals surface area contributed by atoms with E-state index in [2.05, 4.69) is 10.1 Å². The summed E-state index contributed by atoms with van der Waals surface area (Å²) in [6.45, 7) is 2.02. The largest absolute Gasteiger partial charge is 0.573 e. The van der Waals surface area contributed by atoms with Gasteiger partial charge in [-0.25, -0.2) is 0 Å². The van der Waals surface area contributed by atoms with Gasteiger partial charge in [0.25, 0.3) is 0 Å². The summed E-state index contributed by atoms with van der Waals surface area (Å²) >= 11 is 1.53. The van der Waals surface area contributed by atoms with Crippen LogP contribution in [0.3, 0.4) is 0 Å². The summed E-state index contributed by atoms with van der Waals surface area (Å²) in [6, 6.07) is 7.92.